The van der Waals surface area contributed by atoms with Gasteiger partial charge in [0.05, 0.1) is 0 Å². The molecular weight excluding hydrogens is 529 g/mol. The third kappa shape index (κ3) is 34.3. The van der Waals surface area contributed by atoms with Gasteiger partial charge in [-0.15, -0.1) is 0 Å². The summed E-state index contributed by atoms with van der Waals surface area (Å²) in [7, 11) is 0. The van der Waals surface area contributed by atoms with E-state index in [-0.39, 0.29) is 231 Å². The minimum absolute atomic E-state index is 0. The Kier molecular flexibility index (Phi) is 45.6. The Morgan fingerprint density at radius 2 is 0.594 bits per heavy atom. The van der Waals surface area contributed by atoms with Crippen molar-refractivity contribution in [1.82, 2.24) is 9.80 Å². The molecule has 0 atom stereocenters. The predicted octanol–water partition coefficient (Wildman–Crippen LogP) is -16.3. The van der Waals surface area contributed by atoms with Crippen LogP contribution in [0.4, 0.5) is 0 Å². The summed E-state index contributed by atoms with van der Waals surface area (Å²) in [6.45, 7) is 2.83. The quantitative estimate of drug-likeness (QED) is 0.139. The summed E-state index contributed by atoms with van der Waals surface area (Å²) in [5.74, 6) is -4.61. The molecular formula is C18H28K4N2O8. The second-order valence-electron chi connectivity index (χ2n) is 6.59. The number of hydrogen-bond donors (Lipinski definition) is 0. The number of rotatable bonds is 19. The fourth-order valence-corrected chi connectivity index (χ4v) is 2.74. The van der Waals surface area contributed by atoms with E-state index in [1.165, 1.54) is 0 Å². The van der Waals surface area contributed by atoms with E-state index in [4.69, 9.17) is 0 Å². The van der Waals surface area contributed by atoms with Crippen LogP contribution in [-0.4, -0.2) is 72.9 Å². The molecule has 0 amide bonds. The number of aliphatic carboxylic acids is 4. The Hall–Kier alpha value is 4.35. The van der Waals surface area contributed by atoms with Crippen molar-refractivity contribution in [2.45, 2.75) is 51.4 Å². The number of carbonyl (C=O) groups is 4. The molecule has 0 radical (unpaired) electrons. The van der Waals surface area contributed by atoms with Gasteiger partial charge in [0.2, 0.25) is 0 Å². The van der Waals surface area contributed by atoms with Crippen LogP contribution >= 0.6 is 0 Å². The molecule has 14 heteroatoms. The van der Waals surface area contributed by atoms with Crippen LogP contribution in [0, 0.1) is 0 Å². The molecule has 162 valence electrons. The zero-order valence-electron chi connectivity index (χ0n) is 20.1. The summed E-state index contributed by atoms with van der Waals surface area (Å²) in [6, 6.07) is 0. The SMILES string of the molecule is O=C([O-])CCCN(CCCC(=O)[O-])CCN(CCCC(=O)[O-])CCCC(=O)[O-].[K+].[K+].[K+].[K+]. The molecule has 0 rings (SSSR count). The van der Waals surface area contributed by atoms with Gasteiger partial charge in [0.1, 0.15) is 0 Å². The van der Waals surface area contributed by atoms with Gasteiger partial charge in [-0.25, -0.2) is 0 Å². The van der Waals surface area contributed by atoms with E-state index in [1.54, 1.807) is 0 Å². The van der Waals surface area contributed by atoms with Crippen molar-refractivity contribution in [1.29, 1.82) is 0 Å². The van der Waals surface area contributed by atoms with Gasteiger partial charge in [-0.05, 0) is 77.5 Å². The van der Waals surface area contributed by atoms with Gasteiger partial charge in [0.15, 0.2) is 0 Å². The van der Waals surface area contributed by atoms with Gasteiger partial charge in [0, 0.05) is 37.0 Å². The molecule has 0 spiro atoms. The molecule has 0 N–H and O–H groups in total. The van der Waals surface area contributed by atoms with Crippen LogP contribution in [0.25, 0.3) is 0 Å². The minimum atomic E-state index is -1.15. The fraction of sp³-hybridized carbons (Fsp3) is 0.778. The standard InChI is InChI=1S/C18H32N2O8.4K/c21-15(22)5-1-9-19(10-2-6-16(23)24)13-14-20(11-3-7-17(25)26)12-4-8-18(27)28;;;;/h1-14H2,(H,21,22)(H,23,24)(H,25,26)(H,27,28);;;;/q;4*+1/p-4. The molecule has 0 aromatic carbocycles. The summed E-state index contributed by atoms with van der Waals surface area (Å²) in [5, 5.41) is 42.3. The molecule has 32 heavy (non-hydrogen) atoms. The maximum absolute atomic E-state index is 10.6. The molecule has 0 heterocycles. The van der Waals surface area contributed by atoms with Crippen molar-refractivity contribution in [3.63, 3.8) is 0 Å². The smallest absolute Gasteiger partial charge is 0.550 e. The van der Waals surface area contributed by atoms with Gasteiger partial charge in [-0.1, -0.05) is 0 Å². The predicted molar refractivity (Wildman–Crippen MR) is 89.8 cm³/mol. The van der Waals surface area contributed by atoms with Crippen LogP contribution in [0.15, 0.2) is 0 Å². The largest absolute Gasteiger partial charge is 1.00 e. The summed E-state index contributed by atoms with van der Waals surface area (Å²) >= 11 is 0. The fourth-order valence-electron chi connectivity index (χ4n) is 2.74. The molecule has 10 nitrogen and oxygen atoms in total. The topological polar surface area (TPSA) is 167 Å². The molecule has 0 saturated carbocycles. The number of carbonyl (C=O) groups excluding carboxylic acids is 4. The maximum atomic E-state index is 10.6. The average Bonchev–Trinajstić information content (AvgIpc) is 2.57. The van der Waals surface area contributed by atoms with E-state index < -0.39 is 23.9 Å². The van der Waals surface area contributed by atoms with E-state index in [2.05, 4.69) is 0 Å². The first kappa shape index (κ1) is 46.2. The Labute approximate surface area is 360 Å². The minimum Gasteiger partial charge on any atom is -0.550 e. The Balaban J connectivity index is -0.000000607. The second-order valence-corrected chi connectivity index (χ2v) is 6.59. The Bertz CT molecular complexity index is 431. The molecule has 0 unspecified atom stereocenters. The maximum Gasteiger partial charge on any atom is 1.00 e. The number of hydrogen-bond acceptors (Lipinski definition) is 10. The molecule has 0 aliphatic carbocycles. The van der Waals surface area contributed by atoms with E-state index in [9.17, 15) is 39.6 Å². The van der Waals surface area contributed by atoms with Crippen molar-refractivity contribution in [2.24, 2.45) is 0 Å². The van der Waals surface area contributed by atoms with Gasteiger partial charge < -0.3 is 49.4 Å². The summed E-state index contributed by atoms with van der Waals surface area (Å²) in [4.78, 5) is 46.1. The molecule has 0 fully saturated rings. The van der Waals surface area contributed by atoms with Crippen LogP contribution in [0.3, 0.4) is 0 Å². The Morgan fingerprint density at radius 1 is 0.406 bits per heavy atom. The summed E-state index contributed by atoms with van der Waals surface area (Å²) in [6.07, 6.45) is 1.06. The van der Waals surface area contributed by atoms with E-state index in [1.807, 2.05) is 9.80 Å². The summed E-state index contributed by atoms with van der Waals surface area (Å²) < 4.78 is 0. The van der Waals surface area contributed by atoms with Crippen LogP contribution in [-0.2, 0) is 19.2 Å². The molecule has 0 aromatic heterocycles. The number of carboxylic acid groups (broad SMARTS) is 4. The second kappa shape index (κ2) is 31.6. The number of nitrogens with zero attached hydrogens (tertiary/aromatic N) is 2. The molecule has 0 saturated heterocycles. The zero-order valence-corrected chi connectivity index (χ0v) is 32.6. The molecule has 0 aromatic rings. The van der Waals surface area contributed by atoms with Gasteiger partial charge in [-0.2, -0.15) is 0 Å². The van der Waals surface area contributed by atoms with E-state index >= 15 is 0 Å². The summed E-state index contributed by atoms with van der Waals surface area (Å²) in [5.41, 5.74) is 0. The first-order valence-corrected chi connectivity index (χ1v) is 9.44. The monoisotopic (exact) mass is 556 g/mol. The van der Waals surface area contributed by atoms with Gasteiger partial charge in [0.25, 0.3) is 0 Å². The third-order valence-corrected chi connectivity index (χ3v) is 4.15. The number of carboxylic acids is 4. The molecule has 0 bridgehead atoms. The van der Waals surface area contributed by atoms with Crippen LogP contribution in [0.2, 0.25) is 0 Å². The first-order valence-electron chi connectivity index (χ1n) is 9.44. The third-order valence-electron chi connectivity index (χ3n) is 4.15. The van der Waals surface area contributed by atoms with E-state index in [0.29, 0.717) is 65.0 Å². The van der Waals surface area contributed by atoms with Crippen molar-refractivity contribution < 1.29 is 245 Å². The van der Waals surface area contributed by atoms with Crippen molar-refractivity contribution >= 4 is 23.9 Å². The van der Waals surface area contributed by atoms with Gasteiger partial charge in [-0.3, -0.25) is 0 Å². The zero-order chi connectivity index (χ0) is 21.4. The van der Waals surface area contributed by atoms with Gasteiger partial charge >= 0.3 is 206 Å². The van der Waals surface area contributed by atoms with Crippen LogP contribution in [0.5, 0.6) is 0 Å². The average molecular weight is 557 g/mol. The van der Waals surface area contributed by atoms with Crippen molar-refractivity contribution in [3.8, 4) is 0 Å². The normalized spacial score (nSPS) is 9.69. The van der Waals surface area contributed by atoms with Crippen LogP contribution < -0.4 is 226 Å². The molecule has 0 aliphatic heterocycles. The van der Waals surface area contributed by atoms with Crippen LogP contribution in [0.1, 0.15) is 51.4 Å². The van der Waals surface area contributed by atoms with Crippen molar-refractivity contribution in [3.05, 3.63) is 0 Å². The van der Waals surface area contributed by atoms with E-state index in [0.717, 1.165) is 0 Å². The Morgan fingerprint density at radius 3 is 0.750 bits per heavy atom. The first-order chi connectivity index (χ1) is 13.2. The van der Waals surface area contributed by atoms with Crippen molar-refractivity contribution in [2.75, 3.05) is 39.3 Å². The molecule has 0 aliphatic rings.